The number of hydrogen-bond donors (Lipinski definition) is 3. The summed E-state index contributed by atoms with van der Waals surface area (Å²) in [6.45, 7) is 3.60. The molecule has 0 aromatic heterocycles. The summed E-state index contributed by atoms with van der Waals surface area (Å²) in [5, 5.41) is 12.0. The zero-order chi connectivity index (χ0) is 6.57. The van der Waals surface area contributed by atoms with Gasteiger partial charge in [-0.2, -0.15) is 5.10 Å². The van der Waals surface area contributed by atoms with Crippen LogP contribution in [0.2, 0.25) is 0 Å². The molecule has 48 valence electrons. The Morgan fingerprint density at radius 3 is 2.38 bits per heavy atom. The van der Waals surface area contributed by atoms with Crippen LogP contribution in [0.4, 0.5) is 0 Å². The van der Waals surface area contributed by atoms with Gasteiger partial charge < -0.3 is 5.11 Å². The van der Waals surface area contributed by atoms with Gasteiger partial charge in [0, 0.05) is 5.71 Å². The van der Waals surface area contributed by atoms with E-state index in [4.69, 9.17) is 10.8 Å². The van der Waals surface area contributed by atoms with Gasteiger partial charge in [-0.05, 0) is 13.8 Å². The van der Waals surface area contributed by atoms with Crippen molar-refractivity contribution >= 4 is 5.71 Å². The van der Waals surface area contributed by atoms with Gasteiger partial charge in [0.05, 0.1) is 0 Å². The van der Waals surface area contributed by atoms with E-state index >= 15 is 0 Å². The third-order valence-corrected chi connectivity index (χ3v) is 0.420. The number of nitrogens with zero attached hydrogens (tertiary/aromatic N) is 1. The highest BCUT2D eigenvalue weighted by Gasteiger charge is 1.85. The van der Waals surface area contributed by atoms with Crippen LogP contribution in [0, 0.1) is 0 Å². The Labute approximate surface area is 48.4 Å². The normalized spacial score (nSPS) is 12.5. The van der Waals surface area contributed by atoms with Crippen LogP contribution in [0.3, 0.4) is 0 Å². The summed E-state index contributed by atoms with van der Waals surface area (Å²) in [5.41, 5.74) is 7.97. The minimum absolute atomic E-state index is 0.828. The molecule has 0 aromatic rings. The monoisotopic (exact) mass is 117 g/mol. The van der Waals surface area contributed by atoms with Gasteiger partial charge in [0.15, 0.2) is 6.35 Å². The lowest BCUT2D eigenvalue weighted by molar-refractivity contribution is 0.146. The van der Waals surface area contributed by atoms with Crippen LogP contribution >= 0.6 is 0 Å². The van der Waals surface area contributed by atoms with Gasteiger partial charge in [-0.25, -0.2) is 0 Å². The van der Waals surface area contributed by atoms with Gasteiger partial charge in [-0.3, -0.25) is 11.2 Å². The standard InChI is InChI=1S/C4H11N3O/c1-3(2)6-7-4(5)8/h4,7-8H,5H2,1-2H3. The molecule has 4 nitrogen and oxygen atoms in total. The topological polar surface area (TPSA) is 70.6 Å². The Balaban J connectivity index is 3.29. The Bertz CT molecular complexity index is 85.3. The van der Waals surface area contributed by atoms with E-state index in [1.54, 1.807) is 13.8 Å². The second-order valence-electron chi connectivity index (χ2n) is 1.63. The number of aliphatic hydroxyl groups excluding tert-OH is 1. The van der Waals surface area contributed by atoms with Crippen molar-refractivity contribution in [2.45, 2.75) is 20.2 Å². The molecule has 0 saturated carbocycles. The Morgan fingerprint density at radius 2 is 2.25 bits per heavy atom. The molecule has 0 radical (unpaired) electrons. The van der Waals surface area contributed by atoms with Crippen molar-refractivity contribution in [1.29, 1.82) is 0 Å². The lowest BCUT2D eigenvalue weighted by Crippen LogP contribution is -2.33. The van der Waals surface area contributed by atoms with Gasteiger partial charge in [0.2, 0.25) is 0 Å². The molecule has 0 aliphatic rings. The van der Waals surface area contributed by atoms with E-state index in [0.29, 0.717) is 0 Å². The number of hydrogen-bond acceptors (Lipinski definition) is 4. The lowest BCUT2D eigenvalue weighted by atomic mass is 10.5. The average Bonchev–Trinajstić information content (AvgIpc) is 1.61. The highest BCUT2D eigenvalue weighted by molar-refractivity contribution is 5.78. The van der Waals surface area contributed by atoms with Crippen molar-refractivity contribution in [3.63, 3.8) is 0 Å². The van der Waals surface area contributed by atoms with Crippen LogP contribution in [0.5, 0.6) is 0 Å². The molecular formula is C4H11N3O. The van der Waals surface area contributed by atoms with E-state index in [1.807, 2.05) is 0 Å². The average molecular weight is 117 g/mol. The highest BCUT2D eigenvalue weighted by atomic mass is 16.3. The molecule has 0 saturated heterocycles. The Hall–Kier alpha value is -0.610. The van der Waals surface area contributed by atoms with Crippen molar-refractivity contribution in [2.75, 3.05) is 0 Å². The van der Waals surface area contributed by atoms with Crippen molar-refractivity contribution in [2.24, 2.45) is 10.8 Å². The molecule has 1 unspecified atom stereocenters. The van der Waals surface area contributed by atoms with Crippen LogP contribution in [-0.2, 0) is 0 Å². The molecule has 0 spiro atoms. The fraction of sp³-hybridized carbons (Fsp3) is 0.750. The summed E-state index contributed by atoms with van der Waals surface area (Å²) in [4.78, 5) is 0. The zero-order valence-corrected chi connectivity index (χ0v) is 5.05. The van der Waals surface area contributed by atoms with Gasteiger partial charge in [0.25, 0.3) is 0 Å². The van der Waals surface area contributed by atoms with E-state index in [0.717, 1.165) is 5.71 Å². The molecule has 0 bridgehead atoms. The molecule has 4 N–H and O–H groups in total. The van der Waals surface area contributed by atoms with Crippen LogP contribution in [0.1, 0.15) is 13.8 Å². The van der Waals surface area contributed by atoms with Crippen molar-refractivity contribution in [1.82, 2.24) is 5.43 Å². The molecule has 0 aliphatic heterocycles. The maximum absolute atomic E-state index is 8.36. The summed E-state index contributed by atoms with van der Waals surface area (Å²) in [5.74, 6) is 0. The SMILES string of the molecule is CC(C)=NNC(N)O. The largest absolute Gasteiger partial charge is 0.360 e. The molecule has 1 atom stereocenters. The number of nitrogens with two attached hydrogens (primary N) is 1. The summed E-state index contributed by atoms with van der Waals surface area (Å²) < 4.78 is 0. The molecule has 0 heterocycles. The van der Waals surface area contributed by atoms with Gasteiger partial charge in [0.1, 0.15) is 0 Å². The molecule has 0 aromatic carbocycles. The second kappa shape index (κ2) is 3.40. The Morgan fingerprint density at radius 1 is 1.75 bits per heavy atom. The third kappa shape index (κ3) is 5.39. The third-order valence-electron chi connectivity index (χ3n) is 0.420. The predicted octanol–water partition coefficient (Wildman–Crippen LogP) is -0.794. The van der Waals surface area contributed by atoms with E-state index in [2.05, 4.69) is 10.5 Å². The van der Waals surface area contributed by atoms with Gasteiger partial charge in [-0.1, -0.05) is 0 Å². The first-order chi connectivity index (χ1) is 3.63. The molecule has 0 fully saturated rings. The highest BCUT2D eigenvalue weighted by Crippen LogP contribution is 1.68. The van der Waals surface area contributed by atoms with E-state index < -0.39 is 6.35 Å². The fourth-order valence-corrected chi connectivity index (χ4v) is 0.195. The maximum Gasteiger partial charge on any atom is 0.193 e. The molecule has 8 heavy (non-hydrogen) atoms. The number of hydrazone groups is 1. The van der Waals surface area contributed by atoms with Crippen LogP contribution < -0.4 is 11.2 Å². The zero-order valence-electron chi connectivity index (χ0n) is 5.05. The predicted molar refractivity (Wildman–Crippen MR) is 32.1 cm³/mol. The van der Waals surface area contributed by atoms with Crippen LogP contribution in [0.15, 0.2) is 5.10 Å². The summed E-state index contributed by atoms with van der Waals surface area (Å²) in [6, 6.07) is 0. The number of nitrogens with one attached hydrogen (secondary N) is 1. The quantitative estimate of drug-likeness (QED) is 0.252. The van der Waals surface area contributed by atoms with Crippen LogP contribution in [-0.4, -0.2) is 17.2 Å². The molecule has 0 aliphatic carbocycles. The van der Waals surface area contributed by atoms with Crippen molar-refractivity contribution in [3.8, 4) is 0 Å². The maximum atomic E-state index is 8.36. The Kier molecular flexibility index (Phi) is 3.14. The molecule has 0 amide bonds. The van der Waals surface area contributed by atoms with E-state index in [-0.39, 0.29) is 0 Å². The molecule has 4 heteroatoms. The van der Waals surface area contributed by atoms with Crippen LogP contribution in [0.25, 0.3) is 0 Å². The number of aliphatic hydroxyl groups is 1. The molecule has 0 rings (SSSR count). The van der Waals surface area contributed by atoms with E-state index in [1.165, 1.54) is 0 Å². The fourth-order valence-electron chi connectivity index (χ4n) is 0.195. The van der Waals surface area contributed by atoms with Crippen molar-refractivity contribution in [3.05, 3.63) is 0 Å². The van der Waals surface area contributed by atoms with E-state index in [9.17, 15) is 0 Å². The van der Waals surface area contributed by atoms with Gasteiger partial charge in [-0.15, -0.1) is 0 Å². The van der Waals surface area contributed by atoms with Gasteiger partial charge >= 0.3 is 0 Å². The minimum atomic E-state index is -1.05. The molecular weight excluding hydrogens is 106 g/mol. The number of rotatable bonds is 2. The lowest BCUT2D eigenvalue weighted by Gasteiger charge is -2.01. The summed E-state index contributed by atoms with van der Waals surface area (Å²) in [6.07, 6.45) is -1.05. The van der Waals surface area contributed by atoms with Crippen molar-refractivity contribution < 1.29 is 5.11 Å². The smallest absolute Gasteiger partial charge is 0.193 e. The first-order valence-electron chi connectivity index (χ1n) is 2.33. The first kappa shape index (κ1) is 7.39. The summed E-state index contributed by atoms with van der Waals surface area (Å²) in [7, 11) is 0. The minimum Gasteiger partial charge on any atom is -0.360 e. The summed E-state index contributed by atoms with van der Waals surface area (Å²) >= 11 is 0. The first-order valence-corrected chi connectivity index (χ1v) is 2.33. The second-order valence-corrected chi connectivity index (χ2v) is 1.63.